The van der Waals surface area contributed by atoms with Gasteiger partial charge < -0.3 is 4.74 Å². The lowest BCUT2D eigenvalue weighted by atomic mass is 9.86. The molecule has 56 valence electrons. The van der Waals surface area contributed by atoms with E-state index in [1.54, 1.807) is 7.11 Å². The van der Waals surface area contributed by atoms with Crippen LogP contribution in [0.3, 0.4) is 0 Å². The molecule has 0 spiro atoms. The highest BCUT2D eigenvalue weighted by Gasteiger charge is 2.02. The van der Waals surface area contributed by atoms with Gasteiger partial charge in [0.25, 0.3) is 0 Å². The highest BCUT2D eigenvalue weighted by Crippen LogP contribution is 2.09. The van der Waals surface area contributed by atoms with Crippen molar-refractivity contribution in [3.63, 3.8) is 0 Å². The van der Waals surface area contributed by atoms with Gasteiger partial charge in [-0.1, -0.05) is 28.1 Å². The number of rotatable bonds is 1. The van der Waals surface area contributed by atoms with Crippen molar-refractivity contribution in [2.24, 2.45) is 0 Å². The highest BCUT2D eigenvalue weighted by atomic mass is 79.9. The van der Waals surface area contributed by atoms with E-state index in [2.05, 4.69) is 15.9 Å². The highest BCUT2D eigenvalue weighted by molar-refractivity contribution is 9.10. The van der Waals surface area contributed by atoms with Gasteiger partial charge in [-0.15, -0.1) is 0 Å². The van der Waals surface area contributed by atoms with Crippen LogP contribution in [0, 0.1) is 0 Å². The molecule has 0 N–H and O–H groups in total. The first-order valence-corrected chi connectivity index (χ1v) is 4.25. The normalized spacial score (nSPS) is 9.64. The molecule has 0 fully saturated rings. The summed E-state index contributed by atoms with van der Waals surface area (Å²) in [6.07, 6.45) is 0. The summed E-state index contributed by atoms with van der Waals surface area (Å²) < 4.78 is 6.31. The minimum Gasteiger partial charge on any atom is -0.498 e. The average Bonchev–Trinajstić information content (AvgIpc) is 1.85. The van der Waals surface area contributed by atoms with Gasteiger partial charge in [0, 0.05) is 4.47 Å². The van der Waals surface area contributed by atoms with Gasteiger partial charge in [0.05, 0.1) is 7.11 Å². The zero-order valence-electron chi connectivity index (χ0n) is 6.94. The molecular weight excluding hydrogens is 202 g/mol. The molecule has 0 saturated carbocycles. The monoisotopic (exact) mass is 210 g/mol. The molecule has 1 aromatic rings. The molecule has 0 aliphatic carbocycles. The van der Waals surface area contributed by atoms with E-state index in [1.807, 2.05) is 27.8 Å². The molecule has 0 unspecified atom stereocenters. The summed E-state index contributed by atoms with van der Waals surface area (Å²) in [7, 11) is 5.77. The van der Waals surface area contributed by atoms with Gasteiger partial charge in [0.15, 0.2) is 0 Å². The lowest BCUT2D eigenvalue weighted by molar-refractivity contribution is 0.421. The van der Waals surface area contributed by atoms with Crippen molar-refractivity contribution in [3.8, 4) is 5.75 Å². The van der Waals surface area contributed by atoms with Gasteiger partial charge in [-0.2, -0.15) is 0 Å². The van der Waals surface area contributed by atoms with E-state index < -0.39 is 0 Å². The van der Waals surface area contributed by atoms with Crippen LogP contribution in [0.15, 0.2) is 16.6 Å². The second-order valence-corrected chi connectivity index (χ2v) is 3.49. The van der Waals surface area contributed by atoms with E-state index in [0.717, 1.165) is 10.2 Å². The van der Waals surface area contributed by atoms with E-state index in [1.165, 1.54) is 10.9 Å². The van der Waals surface area contributed by atoms with E-state index in [-0.39, 0.29) is 0 Å². The Balaban J connectivity index is 3.25. The van der Waals surface area contributed by atoms with Gasteiger partial charge >= 0.3 is 0 Å². The number of ether oxygens (including phenoxy) is 1. The molecule has 0 aliphatic rings. The SMILES string of the molecule is Bc1cc(Br)cc(B)c1OC. The molecule has 0 aromatic heterocycles. The van der Waals surface area contributed by atoms with Crippen molar-refractivity contribution in [2.45, 2.75) is 0 Å². The Bertz CT molecular complexity index is 252. The fraction of sp³-hybridized carbons (Fsp3) is 0.143. The van der Waals surface area contributed by atoms with Crippen LogP contribution in [0.2, 0.25) is 0 Å². The van der Waals surface area contributed by atoms with Crippen LogP contribution in [0.1, 0.15) is 0 Å². The van der Waals surface area contributed by atoms with Gasteiger partial charge in [0.2, 0.25) is 0 Å². The maximum atomic E-state index is 5.21. The molecule has 11 heavy (non-hydrogen) atoms. The van der Waals surface area contributed by atoms with Gasteiger partial charge in [-0.05, 0) is 10.9 Å². The average molecular weight is 211 g/mol. The van der Waals surface area contributed by atoms with Crippen molar-refractivity contribution in [2.75, 3.05) is 7.11 Å². The largest absolute Gasteiger partial charge is 0.498 e. The van der Waals surface area contributed by atoms with E-state index in [4.69, 9.17) is 4.74 Å². The molecule has 1 aromatic carbocycles. The minimum atomic E-state index is 0.980. The Hall–Kier alpha value is -0.370. The van der Waals surface area contributed by atoms with Gasteiger partial charge in [0.1, 0.15) is 21.4 Å². The first-order valence-electron chi connectivity index (χ1n) is 3.46. The van der Waals surface area contributed by atoms with Gasteiger partial charge in [-0.3, -0.25) is 0 Å². The van der Waals surface area contributed by atoms with Crippen LogP contribution in [-0.2, 0) is 0 Å². The van der Waals surface area contributed by atoms with Gasteiger partial charge in [-0.25, -0.2) is 0 Å². The van der Waals surface area contributed by atoms with Crippen molar-refractivity contribution in [3.05, 3.63) is 16.6 Å². The molecular formula is C7H9B2BrO. The quantitative estimate of drug-likeness (QED) is 0.539. The fourth-order valence-electron chi connectivity index (χ4n) is 1.22. The Kier molecular flexibility index (Phi) is 2.66. The summed E-state index contributed by atoms with van der Waals surface area (Å²) in [4.78, 5) is 0. The Morgan fingerprint density at radius 1 is 1.27 bits per heavy atom. The molecule has 0 heterocycles. The molecule has 4 heteroatoms. The summed E-state index contributed by atoms with van der Waals surface area (Å²) in [6.45, 7) is 0. The van der Waals surface area contributed by atoms with Crippen LogP contribution in [0.4, 0.5) is 0 Å². The van der Waals surface area contributed by atoms with Crippen LogP contribution in [0.5, 0.6) is 5.75 Å². The number of halogens is 1. The third-order valence-corrected chi connectivity index (χ3v) is 2.09. The van der Waals surface area contributed by atoms with E-state index in [9.17, 15) is 0 Å². The molecule has 1 rings (SSSR count). The number of methoxy groups -OCH3 is 1. The fourth-order valence-corrected chi connectivity index (χ4v) is 1.91. The summed E-state index contributed by atoms with van der Waals surface area (Å²) >= 11 is 3.42. The predicted octanol–water partition coefficient (Wildman–Crippen LogP) is -1.03. The summed E-state index contributed by atoms with van der Waals surface area (Å²) in [5, 5.41) is 0. The predicted molar refractivity (Wildman–Crippen MR) is 57.1 cm³/mol. The Labute approximate surface area is 77.1 Å². The van der Waals surface area contributed by atoms with Crippen LogP contribution in [0.25, 0.3) is 0 Å². The number of hydrogen-bond donors (Lipinski definition) is 0. The molecule has 0 radical (unpaired) electrons. The number of hydrogen-bond acceptors (Lipinski definition) is 1. The zero-order chi connectivity index (χ0) is 8.43. The Morgan fingerprint density at radius 2 is 1.73 bits per heavy atom. The maximum Gasteiger partial charge on any atom is 0.144 e. The lowest BCUT2D eigenvalue weighted by Gasteiger charge is -2.08. The van der Waals surface area contributed by atoms with E-state index in [0.29, 0.717) is 0 Å². The molecule has 0 amide bonds. The third kappa shape index (κ3) is 1.80. The number of benzene rings is 1. The van der Waals surface area contributed by atoms with Crippen molar-refractivity contribution < 1.29 is 4.74 Å². The third-order valence-electron chi connectivity index (χ3n) is 1.63. The van der Waals surface area contributed by atoms with Crippen LogP contribution < -0.4 is 15.7 Å². The topological polar surface area (TPSA) is 9.23 Å². The molecule has 0 aliphatic heterocycles. The summed E-state index contributed by atoms with van der Waals surface area (Å²) in [5.41, 5.74) is 2.33. The molecule has 1 nitrogen and oxygen atoms in total. The second kappa shape index (κ2) is 3.35. The minimum absolute atomic E-state index is 0.980. The smallest absolute Gasteiger partial charge is 0.144 e. The summed E-state index contributed by atoms with van der Waals surface area (Å²) in [5.74, 6) is 0.980. The summed E-state index contributed by atoms with van der Waals surface area (Å²) in [6, 6.07) is 4.09. The molecule has 0 bridgehead atoms. The molecule has 0 atom stereocenters. The second-order valence-electron chi connectivity index (χ2n) is 2.57. The molecule has 0 saturated heterocycles. The van der Waals surface area contributed by atoms with Crippen LogP contribution >= 0.6 is 15.9 Å². The standard InChI is InChI=1S/C7H9B2BrO/c1-11-7-5(8)2-4(10)3-6(7)9/h2-3H,8-9H2,1H3. The maximum absolute atomic E-state index is 5.21. The lowest BCUT2D eigenvalue weighted by Crippen LogP contribution is -2.18. The first kappa shape index (κ1) is 8.72. The Morgan fingerprint density at radius 3 is 2.09 bits per heavy atom. The van der Waals surface area contributed by atoms with Crippen LogP contribution in [-0.4, -0.2) is 22.8 Å². The van der Waals surface area contributed by atoms with Crippen molar-refractivity contribution >= 4 is 42.5 Å². The first-order chi connectivity index (χ1) is 5.15. The zero-order valence-corrected chi connectivity index (χ0v) is 8.53. The van der Waals surface area contributed by atoms with Crippen molar-refractivity contribution in [1.82, 2.24) is 0 Å². The van der Waals surface area contributed by atoms with E-state index >= 15 is 0 Å². The van der Waals surface area contributed by atoms with Crippen molar-refractivity contribution in [1.29, 1.82) is 0 Å².